The number of halogens is 1. The van der Waals surface area contributed by atoms with Crippen molar-refractivity contribution >= 4 is 17.5 Å². The highest BCUT2D eigenvalue weighted by Crippen LogP contribution is 2.33. The van der Waals surface area contributed by atoms with Gasteiger partial charge in [-0.2, -0.15) is 5.10 Å². The van der Waals surface area contributed by atoms with Crippen LogP contribution in [-0.4, -0.2) is 32.5 Å². The number of aromatic amines is 1. The average molecular weight is 413 g/mol. The first-order valence-electron chi connectivity index (χ1n) is 10.1. The topological polar surface area (TPSA) is 75.0 Å². The normalized spacial score (nSPS) is 16.9. The van der Waals surface area contributed by atoms with E-state index < -0.39 is 0 Å². The van der Waals surface area contributed by atoms with Gasteiger partial charge in [0.05, 0.1) is 6.20 Å². The molecular formula is C22H25ClN4O2. The van der Waals surface area contributed by atoms with Crippen molar-refractivity contribution in [3.63, 3.8) is 0 Å². The van der Waals surface area contributed by atoms with Crippen LogP contribution in [0, 0.1) is 6.92 Å². The predicted octanol–water partition coefficient (Wildman–Crippen LogP) is 4.88. The van der Waals surface area contributed by atoms with Crippen LogP contribution in [0.5, 0.6) is 0 Å². The molecule has 152 valence electrons. The van der Waals surface area contributed by atoms with Crippen LogP contribution in [0.15, 0.2) is 34.9 Å². The van der Waals surface area contributed by atoms with E-state index in [4.69, 9.17) is 16.0 Å². The predicted molar refractivity (Wildman–Crippen MR) is 111 cm³/mol. The molecule has 0 saturated carbocycles. The number of aromatic nitrogens is 3. The van der Waals surface area contributed by atoms with Crippen LogP contribution in [0.25, 0.3) is 0 Å². The number of nitrogens with zero attached hydrogens (tertiary/aromatic N) is 3. The fraction of sp³-hybridized carbons (Fsp3) is 0.409. The molecule has 3 heterocycles. The summed E-state index contributed by atoms with van der Waals surface area (Å²) >= 11 is 6.27. The highest BCUT2D eigenvalue weighted by molar-refractivity contribution is 6.31. The summed E-state index contributed by atoms with van der Waals surface area (Å²) in [5, 5.41) is 7.97. The van der Waals surface area contributed by atoms with Crippen LogP contribution < -0.4 is 0 Å². The molecule has 1 atom stereocenters. The van der Waals surface area contributed by atoms with E-state index in [0.29, 0.717) is 29.6 Å². The van der Waals surface area contributed by atoms with E-state index in [1.807, 2.05) is 43.0 Å². The lowest BCUT2D eigenvalue weighted by Gasteiger charge is -2.33. The molecule has 0 aliphatic carbocycles. The third kappa shape index (κ3) is 3.94. The van der Waals surface area contributed by atoms with Gasteiger partial charge in [0.15, 0.2) is 5.69 Å². The molecule has 1 aromatic carbocycles. The van der Waals surface area contributed by atoms with Gasteiger partial charge >= 0.3 is 0 Å². The molecule has 0 bridgehead atoms. The van der Waals surface area contributed by atoms with Crippen molar-refractivity contribution in [2.45, 2.75) is 52.0 Å². The molecule has 0 spiro atoms. The second-order valence-electron chi connectivity index (χ2n) is 7.47. The van der Waals surface area contributed by atoms with E-state index >= 15 is 0 Å². The summed E-state index contributed by atoms with van der Waals surface area (Å²) in [5.74, 6) is 1.27. The lowest BCUT2D eigenvalue weighted by Crippen LogP contribution is -2.39. The molecule has 1 amide bonds. The minimum atomic E-state index is -0.169. The minimum absolute atomic E-state index is 0.0611. The molecule has 1 N–H and O–H groups in total. The summed E-state index contributed by atoms with van der Waals surface area (Å²) in [6, 6.07) is 7.54. The zero-order valence-electron chi connectivity index (χ0n) is 16.7. The van der Waals surface area contributed by atoms with E-state index in [9.17, 15) is 4.79 Å². The Bertz CT molecular complexity index is 1010. The number of likely N-dealkylation sites (tertiary alicyclic amines) is 1. The fourth-order valence-electron chi connectivity index (χ4n) is 3.94. The Morgan fingerprint density at radius 1 is 1.34 bits per heavy atom. The Morgan fingerprint density at radius 2 is 2.17 bits per heavy atom. The van der Waals surface area contributed by atoms with E-state index in [-0.39, 0.29) is 11.9 Å². The van der Waals surface area contributed by atoms with Gasteiger partial charge in [-0.15, -0.1) is 0 Å². The lowest BCUT2D eigenvalue weighted by molar-refractivity contribution is 0.0563. The molecule has 0 unspecified atom stereocenters. The lowest BCUT2D eigenvalue weighted by atomic mass is 10.0. The number of carbonyl (C=O) groups excluding carboxylic acids is 1. The molecule has 1 aliphatic heterocycles. The van der Waals surface area contributed by atoms with Gasteiger partial charge in [0.25, 0.3) is 5.91 Å². The molecule has 1 saturated heterocycles. The fourth-order valence-corrected chi connectivity index (χ4v) is 4.14. The number of aryl methyl sites for hydroxylation is 1. The van der Waals surface area contributed by atoms with E-state index in [1.54, 1.807) is 6.20 Å². The molecule has 6 nitrogen and oxygen atoms in total. The number of rotatable bonds is 5. The summed E-state index contributed by atoms with van der Waals surface area (Å²) in [5.41, 5.74) is 3.41. The number of hydrogen-bond acceptors (Lipinski definition) is 4. The molecule has 2 aromatic heterocycles. The van der Waals surface area contributed by atoms with Crippen molar-refractivity contribution in [1.29, 1.82) is 0 Å². The van der Waals surface area contributed by atoms with Gasteiger partial charge in [0.2, 0.25) is 5.89 Å². The van der Waals surface area contributed by atoms with Crippen LogP contribution in [0.4, 0.5) is 0 Å². The maximum Gasteiger partial charge on any atom is 0.275 e. The number of nitrogens with one attached hydrogen (secondary N) is 1. The number of hydrogen-bond donors (Lipinski definition) is 1. The van der Waals surface area contributed by atoms with Crippen molar-refractivity contribution in [3.05, 3.63) is 69.7 Å². The molecule has 7 heteroatoms. The highest BCUT2D eigenvalue weighted by atomic mass is 35.5. The monoisotopic (exact) mass is 412 g/mol. The van der Waals surface area contributed by atoms with E-state index in [2.05, 4.69) is 15.2 Å². The summed E-state index contributed by atoms with van der Waals surface area (Å²) in [4.78, 5) is 19.6. The van der Waals surface area contributed by atoms with Gasteiger partial charge < -0.3 is 9.32 Å². The molecule has 29 heavy (non-hydrogen) atoms. The summed E-state index contributed by atoms with van der Waals surface area (Å²) in [7, 11) is 0. The first-order valence-corrected chi connectivity index (χ1v) is 10.5. The molecule has 1 fully saturated rings. The van der Waals surface area contributed by atoms with Crippen molar-refractivity contribution < 1.29 is 9.21 Å². The maximum absolute atomic E-state index is 13.2. The molecular weight excluding hydrogens is 388 g/mol. The van der Waals surface area contributed by atoms with Crippen molar-refractivity contribution in [2.24, 2.45) is 0 Å². The molecule has 1 aliphatic rings. The smallest absolute Gasteiger partial charge is 0.275 e. The van der Waals surface area contributed by atoms with Gasteiger partial charge in [-0.3, -0.25) is 9.89 Å². The molecule has 0 radical (unpaired) electrons. The summed E-state index contributed by atoms with van der Waals surface area (Å²) in [6.07, 6.45) is 5.98. The Morgan fingerprint density at radius 3 is 2.93 bits per heavy atom. The SMILES string of the molecule is CCc1[nH]nc(C(=O)N2CCCC[C@@H]2c2ncc(Cc3ccccc3Cl)o2)c1C. The Labute approximate surface area is 175 Å². The molecule has 4 rings (SSSR count). The van der Waals surface area contributed by atoms with E-state index in [1.165, 1.54) is 0 Å². The number of amides is 1. The third-order valence-corrected chi connectivity index (χ3v) is 5.98. The average Bonchev–Trinajstić information content (AvgIpc) is 3.35. The first-order chi connectivity index (χ1) is 14.1. The standard InChI is InChI=1S/C22H25ClN4O2/c1-3-18-14(2)20(26-25-18)22(28)27-11-7-6-10-19(27)21-24-13-16(29-21)12-15-8-4-5-9-17(15)23/h4-5,8-9,13,19H,3,6-7,10-12H2,1-2H3,(H,25,26)/t19-/m1/s1. The van der Waals surface area contributed by atoms with Gasteiger partial charge in [-0.05, 0) is 44.2 Å². The largest absolute Gasteiger partial charge is 0.443 e. The van der Waals surface area contributed by atoms with Gasteiger partial charge in [-0.1, -0.05) is 36.7 Å². The maximum atomic E-state index is 13.2. The second-order valence-corrected chi connectivity index (χ2v) is 7.88. The zero-order chi connectivity index (χ0) is 20.4. The number of oxazole rings is 1. The quantitative estimate of drug-likeness (QED) is 0.648. The Kier molecular flexibility index (Phi) is 5.72. The number of benzene rings is 1. The molecule has 3 aromatic rings. The van der Waals surface area contributed by atoms with Crippen molar-refractivity contribution in [2.75, 3.05) is 6.54 Å². The summed E-state index contributed by atoms with van der Waals surface area (Å²) < 4.78 is 6.06. The van der Waals surface area contributed by atoms with Crippen LogP contribution in [0.3, 0.4) is 0 Å². The van der Waals surface area contributed by atoms with Crippen LogP contribution in [-0.2, 0) is 12.8 Å². The highest BCUT2D eigenvalue weighted by Gasteiger charge is 2.34. The van der Waals surface area contributed by atoms with Crippen LogP contribution >= 0.6 is 11.6 Å². The van der Waals surface area contributed by atoms with Crippen molar-refractivity contribution in [3.8, 4) is 0 Å². The Balaban J connectivity index is 1.56. The number of piperidine rings is 1. The first kappa shape index (κ1) is 19.7. The number of carbonyl (C=O) groups is 1. The van der Waals surface area contributed by atoms with Crippen LogP contribution in [0.2, 0.25) is 5.02 Å². The second kappa shape index (κ2) is 8.41. The minimum Gasteiger partial charge on any atom is -0.443 e. The van der Waals surface area contributed by atoms with Gasteiger partial charge in [0, 0.05) is 29.2 Å². The Hall–Kier alpha value is -2.60. The van der Waals surface area contributed by atoms with Crippen LogP contribution in [0.1, 0.15) is 71.2 Å². The summed E-state index contributed by atoms with van der Waals surface area (Å²) in [6.45, 7) is 4.67. The number of H-pyrrole nitrogens is 1. The van der Waals surface area contributed by atoms with Gasteiger partial charge in [-0.25, -0.2) is 4.98 Å². The van der Waals surface area contributed by atoms with E-state index in [0.717, 1.165) is 48.3 Å². The third-order valence-electron chi connectivity index (χ3n) is 5.61. The van der Waals surface area contributed by atoms with Gasteiger partial charge in [0.1, 0.15) is 11.8 Å². The zero-order valence-corrected chi connectivity index (χ0v) is 17.5. The van der Waals surface area contributed by atoms with Crippen molar-refractivity contribution in [1.82, 2.24) is 20.1 Å².